The van der Waals surface area contributed by atoms with E-state index in [1.54, 1.807) is 18.2 Å². The predicted molar refractivity (Wildman–Crippen MR) is 135 cm³/mol. The summed E-state index contributed by atoms with van der Waals surface area (Å²) in [5.41, 5.74) is 4.61. The topological polar surface area (TPSA) is 88.1 Å². The zero-order valence-corrected chi connectivity index (χ0v) is 20.3. The van der Waals surface area contributed by atoms with Gasteiger partial charge in [-0.05, 0) is 56.4 Å². The Bertz CT molecular complexity index is 1500. The summed E-state index contributed by atoms with van der Waals surface area (Å²) in [6.07, 6.45) is 2.82. The lowest BCUT2D eigenvalue weighted by Gasteiger charge is -2.27. The molecule has 0 saturated heterocycles. The number of phenols is 1. The molecule has 2 aromatic heterocycles. The Kier molecular flexibility index (Phi) is 5.36. The van der Waals surface area contributed by atoms with E-state index in [2.05, 4.69) is 39.0 Å². The van der Waals surface area contributed by atoms with Crippen molar-refractivity contribution in [2.45, 2.75) is 45.1 Å². The Morgan fingerprint density at radius 2 is 1.86 bits per heavy atom. The first-order chi connectivity index (χ1) is 16.7. The lowest BCUT2D eigenvalue weighted by Crippen LogP contribution is -2.24. The van der Waals surface area contributed by atoms with Gasteiger partial charge in [0.2, 0.25) is 0 Å². The van der Waals surface area contributed by atoms with Crippen molar-refractivity contribution in [3.05, 3.63) is 77.1 Å². The van der Waals surface area contributed by atoms with E-state index < -0.39 is 0 Å². The summed E-state index contributed by atoms with van der Waals surface area (Å²) in [7, 11) is 1.49. The zero-order chi connectivity index (χ0) is 24.9. The largest absolute Gasteiger partial charge is 0.504 e. The second kappa shape index (κ2) is 8.28. The van der Waals surface area contributed by atoms with Crippen LogP contribution >= 0.6 is 0 Å². The summed E-state index contributed by atoms with van der Waals surface area (Å²) in [5, 5.41) is 20.9. The third-order valence-electron chi connectivity index (χ3n) is 6.74. The van der Waals surface area contributed by atoms with Crippen LogP contribution in [-0.4, -0.2) is 27.6 Å². The van der Waals surface area contributed by atoms with Gasteiger partial charge in [0, 0.05) is 34.7 Å². The van der Waals surface area contributed by atoms with Gasteiger partial charge in [0.25, 0.3) is 0 Å². The minimum absolute atomic E-state index is 0.00365. The first-order valence-electron chi connectivity index (χ1n) is 11.7. The molecule has 2 heterocycles. The molecule has 6 heteroatoms. The monoisotopic (exact) mass is 465 g/mol. The molecule has 1 aliphatic carbocycles. The van der Waals surface area contributed by atoms with Crippen molar-refractivity contribution in [3.63, 3.8) is 0 Å². The van der Waals surface area contributed by atoms with Crippen molar-refractivity contribution < 1.29 is 14.6 Å². The van der Waals surface area contributed by atoms with Gasteiger partial charge in [-0.15, -0.1) is 0 Å². The standard InChI is InChI=1S/C29H27N3O3/c1-29(2,3)32-16-20(15-30)26-25(18-10-11-22(33)24(14-18)35-4)27-21(31-28(26)32)12-19(13-23(27)34)17-8-6-5-7-9-17/h5-11,14,16,19,33H,12-13H2,1-4H3/t19-/m1/s1. The summed E-state index contributed by atoms with van der Waals surface area (Å²) in [6.45, 7) is 6.20. The number of nitrogens with zero attached hydrogens (tertiary/aromatic N) is 3. The molecule has 0 aliphatic heterocycles. The molecule has 1 N–H and O–H groups in total. The smallest absolute Gasteiger partial charge is 0.165 e. The maximum absolute atomic E-state index is 13.7. The number of ether oxygens (including phenoxy) is 1. The fourth-order valence-electron chi connectivity index (χ4n) is 5.06. The van der Waals surface area contributed by atoms with E-state index >= 15 is 0 Å². The highest BCUT2D eigenvalue weighted by Gasteiger charge is 2.34. The molecule has 0 unspecified atom stereocenters. The van der Waals surface area contributed by atoms with Gasteiger partial charge in [-0.3, -0.25) is 4.79 Å². The van der Waals surface area contributed by atoms with Crippen LogP contribution < -0.4 is 4.74 Å². The van der Waals surface area contributed by atoms with E-state index in [0.717, 1.165) is 11.3 Å². The van der Waals surface area contributed by atoms with Crippen LogP contribution in [0.25, 0.3) is 22.2 Å². The maximum atomic E-state index is 13.7. The number of nitriles is 1. The molecule has 0 saturated carbocycles. The van der Waals surface area contributed by atoms with E-state index in [1.807, 2.05) is 29.0 Å². The predicted octanol–water partition coefficient (Wildman–Crippen LogP) is 5.96. The number of aromatic nitrogens is 2. The van der Waals surface area contributed by atoms with Crippen LogP contribution in [-0.2, 0) is 12.0 Å². The first kappa shape index (κ1) is 22.7. The number of rotatable bonds is 3. The number of aromatic hydroxyl groups is 1. The lowest BCUT2D eigenvalue weighted by atomic mass is 9.78. The lowest BCUT2D eigenvalue weighted by molar-refractivity contribution is 0.0964. The fraction of sp³-hybridized carbons (Fsp3) is 0.276. The molecule has 176 valence electrons. The highest BCUT2D eigenvalue weighted by atomic mass is 16.5. The number of hydrogen-bond acceptors (Lipinski definition) is 5. The number of fused-ring (bicyclic) bond motifs is 2. The molecule has 0 amide bonds. The number of ketones is 1. The Hall–Kier alpha value is -4.11. The van der Waals surface area contributed by atoms with E-state index in [1.165, 1.54) is 7.11 Å². The average molecular weight is 466 g/mol. The van der Waals surface area contributed by atoms with Gasteiger partial charge in [0.15, 0.2) is 17.3 Å². The van der Waals surface area contributed by atoms with E-state index in [9.17, 15) is 15.2 Å². The zero-order valence-electron chi connectivity index (χ0n) is 20.3. The van der Waals surface area contributed by atoms with Crippen LogP contribution in [0.15, 0.2) is 54.7 Å². The van der Waals surface area contributed by atoms with Gasteiger partial charge in [0.1, 0.15) is 11.7 Å². The van der Waals surface area contributed by atoms with E-state index in [-0.39, 0.29) is 23.0 Å². The maximum Gasteiger partial charge on any atom is 0.165 e. The Morgan fingerprint density at radius 1 is 1.11 bits per heavy atom. The van der Waals surface area contributed by atoms with E-state index in [4.69, 9.17) is 9.72 Å². The fourth-order valence-corrected chi connectivity index (χ4v) is 5.06. The summed E-state index contributed by atoms with van der Waals surface area (Å²) >= 11 is 0. The van der Waals surface area contributed by atoms with Crippen molar-refractivity contribution in [2.24, 2.45) is 0 Å². The van der Waals surface area contributed by atoms with Crippen molar-refractivity contribution in [2.75, 3.05) is 7.11 Å². The third-order valence-corrected chi connectivity index (χ3v) is 6.74. The van der Waals surface area contributed by atoms with Gasteiger partial charge in [-0.1, -0.05) is 36.4 Å². The SMILES string of the molecule is COc1cc(-c2c3c(nc4c2c(C#N)cn4C(C)(C)C)C[C@@H](c2ccccc2)CC3=O)ccc1O. The number of carbonyl (C=O) groups is 1. The molecule has 0 radical (unpaired) electrons. The quantitative estimate of drug-likeness (QED) is 0.403. The number of pyridine rings is 1. The number of benzene rings is 2. The van der Waals surface area contributed by atoms with Gasteiger partial charge in [-0.25, -0.2) is 4.98 Å². The molecule has 5 rings (SSSR count). The molecule has 6 nitrogen and oxygen atoms in total. The van der Waals surface area contributed by atoms with Gasteiger partial charge < -0.3 is 14.4 Å². The summed E-state index contributed by atoms with van der Waals surface area (Å²) < 4.78 is 7.37. The van der Waals surface area contributed by atoms with Gasteiger partial charge in [0.05, 0.1) is 18.4 Å². The number of methoxy groups -OCH3 is 1. The molecule has 1 atom stereocenters. The number of phenolic OH excluding ortho intramolecular Hbond substituents is 1. The highest BCUT2D eigenvalue weighted by molar-refractivity contribution is 6.12. The second-order valence-corrected chi connectivity index (χ2v) is 10.0. The third kappa shape index (κ3) is 3.74. The Balaban J connectivity index is 1.86. The molecule has 35 heavy (non-hydrogen) atoms. The molecule has 0 spiro atoms. The second-order valence-electron chi connectivity index (χ2n) is 10.0. The normalized spacial score (nSPS) is 15.6. The molecule has 0 bridgehead atoms. The summed E-state index contributed by atoms with van der Waals surface area (Å²) in [4.78, 5) is 18.8. The minimum Gasteiger partial charge on any atom is -0.504 e. The molecular formula is C29H27N3O3. The highest BCUT2D eigenvalue weighted by Crippen LogP contribution is 2.44. The Labute approximate surface area is 204 Å². The van der Waals surface area contributed by atoms with Crippen LogP contribution in [0.3, 0.4) is 0 Å². The van der Waals surface area contributed by atoms with Crippen LogP contribution in [0.4, 0.5) is 0 Å². The van der Waals surface area contributed by atoms with E-state index in [0.29, 0.717) is 51.9 Å². The van der Waals surface area contributed by atoms with Crippen molar-refractivity contribution in [1.29, 1.82) is 5.26 Å². The van der Waals surface area contributed by atoms with Crippen molar-refractivity contribution in [3.8, 4) is 28.7 Å². The van der Waals surface area contributed by atoms with Gasteiger partial charge in [-0.2, -0.15) is 5.26 Å². The Morgan fingerprint density at radius 3 is 2.51 bits per heavy atom. The van der Waals surface area contributed by atoms with Crippen LogP contribution in [0.1, 0.15) is 60.3 Å². The van der Waals surface area contributed by atoms with Crippen LogP contribution in [0.5, 0.6) is 11.5 Å². The molecule has 0 fully saturated rings. The summed E-state index contributed by atoms with van der Waals surface area (Å²) in [6, 6.07) is 17.4. The van der Waals surface area contributed by atoms with Gasteiger partial charge >= 0.3 is 0 Å². The number of Topliss-reactive ketones (excluding diaryl/α,β-unsaturated/α-hetero) is 1. The van der Waals surface area contributed by atoms with Crippen LogP contribution in [0.2, 0.25) is 0 Å². The molecule has 4 aromatic rings. The molecule has 1 aliphatic rings. The minimum atomic E-state index is -0.323. The summed E-state index contributed by atoms with van der Waals surface area (Å²) in [5.74, 6) is 0.361. The molecule has 2 aromatic carbocycles. The van der Waals surface area contributed by atoms with Crippen LogP contribution in [0, 0.1) is 11.3 Å². The van der Waals surface area contributed by atoms with Crippen molar-refractivity contribution >= 4 is 16.8 Å². The van der Waals surface area contributed by atoms with Crippen molar-refractivity contribution in [1.82, 2.24) is 9.55 Å². The average Bonchev–Trinajstić information content (AvgIpc) is 3.22. The number of hydrogen-bond donors (Lipinski definition) is 1. The first-order valence-corrected chi connectivity index (χ1v) is 11.7. The number of carbonyl (C=O) groups excluding carboxylic acids is 1. The molecular weight excluding hydrogens is 438 g/mol.